The number of nitrogens with zero attached hydrogens (tertiary/aromatic N) is 2. The summed E-state index contributed by atoms with van der Waals surface area (Å²) in [7, 11) is 0. The second-order valence-electron chi connectivity index (χ2n) is 3.57. The van der Waals surface area contributed by atoms with Gasteiger partial charge in [-0.05, 0) is 18.6 Å². The number of nitrogens with one attached hydrogen (secondary N) is 1. The van der Waals surface area contributed by atoms with E-state index in [0.29, 0.717) is 26.7 Å². The summed E-state index contributed by atoms with van der Waals surface area (Å²) in [6.45, 7) is 1.98. The van der Waals surface area contributed by atoms with Crippen molar-refractivity contribution in [2.24, 2.45) is 0 Å². The Morgan fingerprint density at radius 2 is 1.94 bits per heavy atom. The molecule has 0 fully saturated rings. The molecule has 18 heavy (non-hydrogen) atoms. The molecule has 1 aromatic heterocycles. The van der Waals surface area contributed by atoms with Gasteiger partial charge in [-0.3, -0.25) is 0 Å². The van der Waals surface area contributed by atoms with Crippen LogP contribution in [0.15, 0.2) is 24.5 Å². The van der Waals surface area contributed by atoms with Crippen molar-refractivity contribution in [1.29, 1.82) is 0 Å². The van der Waals surface area contributed by atoms with Gasteiger partial charge in [0.25, 0.3) is 0 Å². The largest absolute Gasteiger partial charge is 0.339 e. The van der Waals surface area contributed by atoms with Crippen LogP contribution >= 0.6 is 34.8 Å². The standard InChI is InChI=1S/C12H10Cl3N3/c1-2-7-11(15)16-6-17-12(7)18-9-5-3-4-8(13)10(9)14/h3-6H,2H2,1H3,(H,16,17,18). The first-order valence-corrected chi connectivity index (χ1v) is 6.47. The van der Waals surface area contributed by atoms with Crippen LogP contribution in [0.1, 0.15) is 12.5 Å². The fourth-order valence-corrected chi connectivity index (χ4v) is 2.15. The zero-order chi connectivity index (χ0) is 13.1. The maximum atomic E-state index is 6.11. The smallest absolute Gasteiger partial charge is 0.138 e. The summed E-state index contributed by atoms with van der Waals surface area (Å²) in [6, 6.07) is 5.36. The molecule has 0 saturated heterocycles. The Kier molecular flexibility index (Phi) is 4.27. The van der Waals surface area contributed by atoms with Gasteiger partial charge in [0.1, 0.15) is 17.3 Å². The van der Waals surface area contributed by atoms with Gasteiger partial charge >= 0.3 is 0 Å². The second kappa shape index (κ2) is 5.74. The first kappa shape index (κ1) is 13.4. The predicted octanol–water partition coefficient (Wildman–Crippen LogP) is 4.74. The van der Waals surface area contributed by atoms with E-state index in [-0.39, 0.29) is 0 Å². The summed E-state index contributed by atoms with van der Waals surface area (Å²) in [5, 5.41) is 4.50. The summed E-state index contributed by atoms with van der Waals surface area (Å²) < 4.78 is 0. The monoisotopic (exact) mass is 301 g/mol. The molecule has 0 radical (unpaired) electrons. The maximum Gasteiger partial charge on any atom is 0.138 e. The lowest BCUT2D eigenvalue weighted by Gasteiger charge is -2.12. The van der Waals surface area contributed by atoms with E-state index in [1.165, 1.54) is 6.33 Å². The lowest BCUT2D eigenvalue weighted by atomic mass is 10.2. The first-order valence-electron chi connectivity index (χ1n) is 5.34. The zero-order valence-corrected chi connectivity index (χ0v) is 11.8. The number of anilines is 2. The quantitative estimate of drug-likeness (QED) is 0.832. The Bertz CT molecular complexity index is 572. The van der Waals surface area contributed by atoms with Crippen LogP contribution in [-0.4, -0.2) is 9.97 Å². The van der Waals surface area contributed by atoms with Gasteiger partial charge in [0.2, 0.25) is 0 Å². The molecule has 0 aliphatic heterocycles. The van der Waals surface area contributed by atoms with E-state index in [9.17, 15) is 0 Å². The van der Waals surface area contributed by atoms with E-state index in [4.69, 9.17) is 34.8 Å². The first-order chi connectivity index (χ1) is 8.63. The van der Waals surface area contributed by atoms with Crippen LogP contribution in [0.5, 0.6) is 0 Å². The van der Waals surface area contributed by atoms with Crippen molar-refractivity contribution in [3.8, 4) is 0 Å². The highest BCUT2D eigenvalue weighted by Crippen LogP contribution is 2.32. The van der Waals surface area contributed by atoms with Crippen LogP contribution in [0.25, 0.3) is 0 Å². The molecule has 94 valence electrons. The normalized spacial score (nSPS) is 10.4. The SMILES string of the molecule is CCc1c(Cl)ncnc1Nc1cccc(Cl)c1Cl. The molecule has 1 heterocycles. The molecule has 0 aliphatic carbocycles. The summed E-state index contributed by atoms with van der Waals surface area (Å²) in [6.07, 6.45) is 2.13. The fraction of sp³-hybridized carbons (Fsp3) is 0.167. The van der Waals surface area contributed by atoms with Crippen LogP contribution in [0.4, 0.5) is 11.5 Å². The summed E-state index contributed by atoms with van der Waals surface area (Å²) in [5.74, 6) is 0.640. The lowest BCUT2D eigenvalue weighted by molar-refractivity contribution is 1.05. The minimum absolute atomic E-state index is 0.438. The Balaban J connectivity index is 2.40. The fourth-order valence-electron chi connectivity index (χ4n) is 1.54. The third-order valence-corrected chi connectivity index (χ3v) is 3.60. The molecule has 0 unspecified atom stereocenters. The number of benzene rings is 1. The zero-order valence-electron chi connectivity index (χ0n) is 9.54. The van der Waals surface area contributed by atoms with Crippen molar-refractivity contribution in [3.05, 3.63) is 45.3 Å². The molecule has 2 rings (SSSR count). The van der Waals surface area contributed by atoms with E-state index in [1.807, 2.05) is 19.1 Å². The van der Waals surface area contributed by atoms with Gasteiger partial charge < -0.3 is 5.32 Å². The van der Waals surface area contributed by atoms with Crippen LogP contribution in [0, 0.1) is 0 Å². The highest BCUT2D eigenvalue weighted by molar-refractivity contribution is 6.43. The molecular weight excluding hydrogens is 293 g/mol. The van der Waals surface area contributed by atoms with Gasteiger partial charge in [0.15, 0.2) is 0 Å². The van der Waals surface area contributed by atoms with Gasteiger partial charge in [-0.1, -0.05) is 47.8 Å². The second-order valence-corrected chi connectivity index (χ2v) is 4.71. The molecule has 0 spiro atoms. The topological polar surface area (TPSA) is 37.8 Å². The number of rotatable bonds is 3. The molecule has 0 atom stereocenters. The average molecular weight is 303 g/mol. The van der Waals surface area contributed by atoms with Gasteiger partial charge in [-0.15, -0.1) is 0 Å². The third kappa shape index (κ3) is 2.69. The molecular formula is C12H10Cl3N3. The highest BCUT2D eigenvalue weighted by Gasteiger charge is 2.10. The average Bonchev–Trinajstić information content (AvgIpc) is 2.35. The van der Waals surface area contributed by atoms with Crippen LogP contribution < -0.4 is 5.32 Å². The van der Waals surface area contributed by atoms with Crippen molar-refractivity contribution in [1.82, 2.24) is 9.97 Å². The third-order valence-electron chi connectivity index (χ3n) is 2.45. The van der Waals surface area contributed by atoms with Crippen molar-refractivity contribution in [2.75, 3.05) is 5.32 Å². The van der Waals surface area contributed by atoms with E-state index in [1.54, 1.807) is 6.07 Å². The van der Waals surface area contributed by atoms with E-state index in [2.05, 4.69) is 15.3 Å². The molecule has 0 bridgehead atoms. The number of halogens is 3. The van der Waals surface area contributed by atoms with Gasteiger partial charge in [-0.25, -0.2) is 9.97 Å². The van der Waals surface area contributed by atoms with Crippen LogP contribution in [-0.2, 0) is 6.42 Å². The van der Waals surface area contributed by atoms with Gasteiger partial charge in [0.05, 0.1) is 15.7 Å². The van der Waals surface area contributed by atoms with Crippen molar-refractivity contribution in [3.63, 3.8) is 0 Å². The Labute approximate surface area is 120 Å². The molecule has 6 heteroatoms. The van der Waals surface area contributed by atoms with E-state index >= 15 is 0 Å². The lowest BCUT2D eigenvalue weighted by Crippen LogP contribution is -2.01. The number of hydrogen-bond acceptors (Lipinski definition) is 3. The molecule has 0 saturated carbocycles. The van der Waals surface area contributed by atoms with Crippen LogP contribution in [0.2, 0.25) is 15.2 Å². The highest BCUT2D eigenvalue weighted by atomic mass is 35.5. The van der Waals surface area contributed by atoms with Gasteiger partial charge in [0, 0.05) is 5.56 Å². The molecule has 2 aromatic rings. The van der Waals surface area contributed by atoms with Crippen LogP contribution in [0.3, 0.4) is 0 Å². The van der Waals surface area contributed by atoms with E-state index < -0.39 is 0 Å². The molecule has 1 N–H and O–H groups in total. The Hall–Kier alpha value is -1.03. The summed E-state index contributed by atoms with van der Waals surface area (Å²) in [4.78, 5) is 8.12. The van der Waals surface area contributed by atoms with Crippen molar-refractivity contribution in [2.45, 2.75) is 13.3 Å². The predicted molar refractivity (Wildman–Crippen MR) is 76.2 cm³/mol. The number of hydrogen-bond donors (Lipinski definition) is 1. The Morgan fingerprint density at radius 3 is 2.67 bits per heavy atom. The van der Waals surface area contributed by atoms with Crippen molar-refractivity contribution >= 4 is 46.3 Å². The minimum Gasteiger partial charge on any atom is -0.339 e. The number of aromatic nitrogens is 2. The Morgan fingerprint density at radius 1 is 1.17 bits per heavy atom. The molecule has 0 amide bonds. The molecule has 0 aliphatic rings. The summed E-state index contributed by atoms with van der Waals surface area (Å²) in [5.41, 5.74) is 1.53. The maximum absolute atomic E-state index is 6.11. The van der Waals surface area contributed by atoms with Gasteiger partial charge in [-0.2, -0.15) is 0 Å². The summed E-state index contributed by atoms with van der Waals surface area (Å²) >= 11 is 18.1. The molecule has 1 aromatic carbocycles. The molecule has 3 nitrogen and oxygen atoms in total. The van der Waals surface area contributed by atoms with Crippen molar-refractivity contribution < 1.29 is 0 Å². The van der Waals surface area contributed by atoms with E-state index in [0.717, 1.165) is 12.0 Å². The minimum atomic E-state index is 0.438.